The highest BCUT2D eigenvalue weighted by Gasteiger charge is 2.35. The predicted octanol–water partition coefficient (Wildman–Crippen LogP) is -0.398. The van der Waals surface area contributed by atoms with Gasteiger partial charge in [-0.1, -0.05) is 13.8 Å². The first-order chi connectivity index (χ1) is 23.7. The number of esters is 2. The van der Waals surface area contributed by atoms with E-state index in [1.165, 1.54) is 14.2 Å². The summed E-state index contributed by atoms with van der Waals surface area (Å²) in [6.45, 7) is 7.58. The number of hydrogen-bond acceptors (Lipinski definition) is 13. The van der Waals surface area contributed by atoms with Crippen molar-refractivity contribution >= 4 is 23.8 Å². The van der Waals surface area contributed by atoms with Gasteiger partial charge >= 0.3 is 11.9 Å². The fraction of sp³-hybridized carbons (Fsp3) is 0.853. The van der Waals surface area contributed by atoms with Crippen LogP contribution < -0.4 is 11.5 Å². The number of alkyl halides is 2. The maximum Gasteiger partial charge on any atom is 0.323 e. The molecule has 0 aromatic rings. The van der Waals surface area contributed by atoms with Crippen LogP contribution >= 0.6 is 0 Å². The predicted molar refractivity (Wildman–Crippen MR) is 187 cm³/mol. The van der Waals surface area contributed by atoms with Gasteiger partial charge in [-0.3, -0.25) is 43.7 Å². The number of nitriles is 1. The number of ether oxygens (including phenoxy) is 2. The molecule has 0 radical (unpaired) electrons. The fourth-order valence-electron chi connectivity index (χ4n) is 7.00. The monoisotopic (exact) mass is 732 g/mol. The number of likely N-dealkylation sites (tertiary alicyclic amines) is 5. The highest BCUT2D eigenvalue weighted by Crippen LogP contribution is 2.22. The van der Waals surface area contributed by atoms with Crippen LogP contribution in [0.4, 0.5) is 8.78 Å². The summed E-state index contributed by atoms with van der Waals surface area (Å²) in [4.78, 5) is 52.7. The topological polar surface area (TPSA) is 199 Å². The van der Waals surface area contributed by atoms with Crippen molar-refractivity contribution in [1.29, 1.82) is 5.26 Å². The van der Waals surface area contributed by atoms with Gasteiger partial charge in [0, 0.05) is 52.0 Å². The van der Waals surface area contributed by atoms with Gasteiger partial charge in [0.1, 0.15) is 30.5 Å². The molecule has 5 fully saturated rings. The molecule has 0 saturated carbocycles. The van der Waals surface area contributed by atoms with E-state index in [1.54, 1.807) is 35.8 Å². The Morgan fingerprint density at radius 3 is 1.24 bits per heavy atom. The lowest BCUT2D eigenvalue weighted by molar-refractivity contribution is -0.146. The molecule has 0 aromatic heterocycles. The number of β-amino-alcohol motifs (C(OH)–C–C–N with tert-alkyl or cyclic N) is 1. The van der Waals surface area contributed by atoms with Crippen LogP contribution in [0.15, 0.2) is 0 Å². The van der Waals surface area contributed by atoms with E-state index < -0.39 is 24.3 Å². The quantitative estimate of drug-likeness (QED) is 0.316. The second-order valence-corrected chi connectivity index (χ2v) is 14.5. The summed E-state index contributed by atoms with van der Waals surface area (Å²) in [6.07, 6.45) is 0.919. The van der Waals surface area contributed by atoms with E-state index in [2.05, 4.69) is 28.2 Å². The van der Waals surface area contributed by atoms with Crippen molar-refractivity contribution in [1.82, 2.24) is 24.5 Å². The smallest absolute Gasteiger partial charge is 0.323 e. The van der Waals surface area contributed by atoms with E-state index in [9.17, 15) is 28.0 Å². The van der Waals surface area contributed by atoms with Crippen LogP contribution in [0.5, 0.6) is 0 Å². The number of nitrogens with zero attached hydrogens (tertiary/aromatic N) is 6. The number of hydrogen-bond donors (Lipinski definition) is 3. The summed E-state index contributed by atoms with van der Waals surface area (Å²) in [7, 11) is 12.0. The SMILES string of the molecule is CN1C[C@@H](F)CC1C(N)=O.CN1C[C@@H](F)C[C@H]1C#N.COC(=O)C1C[C@@H](C)CN1C.COC(=O)C1C[C@@H](O)CN1C.C[C@@H]1CC(C(N)=O)N(C)C1. The molecule has 5 heterocycles. The number of carbonyl (C=O) groups is 4. The second kappa shape index (κ2) is 22.1. The average molecular weight is 733 g/mol. The zero-order chi connectivity index (χ0) is 39.2. The van der Waals surface area contributed by atoms with Crippen molar-refractivity contribution in [2.24, 2.45) is 23.3 Å². The van der Waals surface area contributed by atoms with Crippen molar-refractivity contribution in [3.05, 3.63) is 0 Å². The molecule has 4 unspecified atom stereocenters. The Morgan fingerprint density at radius 2 is 1.00 bits per heavy atom. The number of amides is 2. The Balaban J connectivity index is 0.000000319. The van der Waals surface area contributed by atoms with E-state index in [0.717, 1.165) is 25.9 Å². The van der Waals surface area contributed by atoms with Crippen LogP contribution in [0.25, 0.3) is 0 Å². The van der Waals surface area contributed by atoms with Gasteiger partial charge in [-0.25, -0.2) is 8.78 Å². The molecule has 0 aliphatic carbocycles. The molecule has 0 aromatic carbocycles. The number of halogens is 2. The first kappa shape index (κ1) is 46.0. The van der Waals surface area contributed by atoms with E-state index in [4.69, 9.17) is 21.8 Å². The van der Waals surface area contributed by atoms with E-state index in [-0.39, 0.29) is 54.5 Å². The van der Waals surface area contributed by atoms with Gasteiger partial charge in [-0.05, 0) is 59.9 Å². The van der Waals surface area contributed by atoms with Crippen molar-refractivity contribution in [2.45, 2.75) is 94.6 Å². The molecule has 51 heavy (non-hydrogen) atoms. The molecule has 0 bridgehead atoms. The van der Waals surface area contributed by atoms with Gasteiger partial charge in [0.25, 0.3) is 0 Å². The molecular weight excluding hydrogens is 670 g/mol. The van der Waals surface area contributed by atoms with Gasteiger partial charge in [-0.15, -0.1) is 0 Å². The number of likely N-dealkylation sites (N-methyl/N-ethyl adjacent to an activating group) is 4. The number of primary amides is 2. The number of nitrogens with two attached hydrogens (primary N) is 2. The zero-order valence-electron chi connectivity index (χ0n) is 31.8. The molecule has 5 N–H and O–H groups in total. The van der Waals surface area contributed by atoms with Crippen LogP contribution in [-0.2, 0) is 28.7 Å². The Kier molecular flexibility index (Phi) is 20.0. The average Bonchev–Trinajstić information content (AvgIpc) is 3.85. The van der Waals surface area contributed by atoms with Gasteiger partial charge in [-0.2, -0.15) is 5.26 Å². The highest BCUT2D eigenvalue weighted by atomic mass is 19.1. The lowest BCUT2D eigenvalue weighted by atomic mass is 10.1. The van der Waals surface area contributed by atoms with E-state index >= 15 is 0 Å². The Morgan fingerprint density at radius 1 is 0.627 bits per heavy atom. The van der Waals surface area contributed by atoms with Crippen molar-refractivity contribution in [3.63, 3.8) is 0 Å². The Hall–Kier alpha value is -3.01. The fourth-order valence-corrected chi connectivity index (χ4v) is 7.00. The normalized spacial score (nSPS) is 33.9. The first-order valence-electron chi connectivity index (χ1n) is 17.4. The maximum atomic E-state index is 12.5. The van der Waals surface area contributed by atoms with Crippen molar-refractivity contribution < 1.29 is 42.5 Å². The molecule has 294 valence electrons. The van der Waals surface area contributed by atoms with Crippen LogP contribution in [0.1, 0.15) is 46.0 Å². The van der Waals surface area contributed by atoms with Crippen LogP contribution in [0, 0.1) is 23.2 Å². The van der Waals surface area contributed by atoms with Crippen LogP contribution in [0.2, 0.25) is 0 Å². The summed E-state index contributed by atoms with van der Waals surface area (Å²) in [6, 6.07) is 1.16. The van der Waals surface area contributed by atoms with Crippen molar-refractivity contribution in [3.8, 4) is 6.07 Å². The number of rotatable bonds is 4. The summed E-state index contributed by atoms with van der Waals surface area (Å²) in [5.74, 6) is 0.252. The number of carbonyl (C=O) groups excluding carboxylic acids is 4. The molecule has 0 spiro atoms. The maximum absolute atomic E-state index is 12.5. The summed E-state index contributed by atoms with van der Waals surface area (Å²) in [5.41, 5.74) is 10.2. The van der Waals surface area contributed by atoms with Gasteiger partial charge in [0.15, 0.2) is 0 Å². The second-order valence-electron chi connectivity index (χ2n) is 14.5. The minimum absolute atomic E-state index is 0.00463. The number of methoxy groups -OCH3 is 2. The number of aliphatic hydroxyl groups is 1. The van der Waals surface area contributed by atoms with Crippen LogP contribution in [-0.4, -0.2) is 184 Å². The first-order valence-corrected chi connectivity index (χ1v) is 17.4. The van der Waals surface area contributed by atoms with Gasteiger partial charge < -0.3 is 26.0 Å². The van der Waals surface area contributed by atoms with Crippen LogP contribution in [0.3, 0.4) is 0 Å². The molecule has 5 rings (SSSR count). The van der Waals surface area contributed by atoms with Gasteiger partial charge in [0.2, 0.25) is 11.8 Å². The van der Waals surface area contributed by atoms with E-state index in [1.807, 2.05) is 25.1 Å². The summed E-state index contributed by atoms with van der Waals surface area (Å²) >= 11 is 0. The standard InChI is InChI=1S/C8H15NO2.C7H14N2O.C7H13NO3.C6H11FN2O.C6H9FN2/c1-6-4-7(8(10)11-3)9(2)5-6;1-5-3-6(7(8)10)9(2)4-5;1-8-4-5(9)3-6(8)7(10)11-2;1-9-3-4(7)2-5(9)6(8)10;1-9-4-5(7)2-6(9)3-8/h6-7H,4-5H2,1-3H3;5-6H,3-4H2,1-2H3,(H2,8,10);5-6,9H,3-4H2,1-2H3;4-5H,2-3H2,1H3,(H2,8,10);5-6H,2,4H2,1H3/t6-,7?;2*5-,6?;4-,5?;5-,6-/m11100/s1. The van der Waals surface area contributed by atoms with Gasteiger partial charge in [0.05, 0.1) is 38.5 Å². The molecule has 10 atom stereocenters. The molecular formula is C34H62F2N8O7. The molecule has 5 aliphatic heterocycles. The lowest BCUT2D eigenvalue weighted by Crippen LogP contribution is -2.37. The molecule has 5 saturated heterocycles. The largest absolute Gasteiger partial charge is 0.468 e. The lowest BCUT2D eigenvalue weighted by Gasteiger charge is -2.15. The third-order valence-corrected chi connectivity index (χ3v) is 9.79. The molecule has 5 aliphatic rings. The minimum Gasteiger partial charge on any atom is -0.468 e. The molecule has 17 heteroatoms. The molecule has 15 nitrogen and oxygen atoms in total. The highest BCUT2D eigenvalue weighted by molar-refractivity contribution is 5.80. The number of aliphatic hydroxyl groups excluding tert-OH is 1. The third kappa shape index (κ3) is 15.2. The molecule has 2 amide bonds. The Bertz CT molecular complexity index is 1100. The zero-order valence-corrected chi connectivity index (χ0v) is 31.8. The summed E-state index contributed by atoms with van der Waals surface area (Å²) < 4.78 is 34.2. The Labute approximate surface area is 302 Å². The summed E-state index contributed by atoms with van der Waals surface area (Å²) in [5, 5.41) is 17.6. The van der Waals surface area contributed by atoms with E-state index in [0.29, 0.717) is 44.3 Å². The third-order valence-electron chi connectivity index (χ3n) is 9.79. The minimum atomic E-state index is -0.887. The van der Waals surface area contributed by atoms with Crippen molar-refractivity contribution in [2.75, 3.05) is 82.2 Å².